The van der Waals surface area contributed by atoms with Crippen molar-refractivity contribution in [2.45, 2.75) is 20.3 Å². The monoisotopic (exact) mass is 408 g/mol. The van der Waals surface area contributed by atoms with Crippen LogP contribution in [0, 0.1) is 5.92 Å². The maximum Gasteiger partial charge on any atom is 0.333 e. The third-order valence-corrected chi connectivity index (χ3v) is 4.50. The van der Waals surface area contributed by atoms with Gasteiger partial charge < -0.3 is 14.2 Å². The fourth-order valence-corrected chi connectivity index (χ4v) is 2.75. The highest BCUT2D eigenvalue weighted by Crippen LogP contribution is 2.23. The number of carbonyl (C=O) groups is 2. The van der Waals surface area contributed by atoms with Crippen LogP contribution in [0.2, 0.25) is 0 Å². The summed E-state index contributed by atoms with van der Waals surface area (Å²) in [5.74, 6) is -0.280. The van der Waals surface area contributed by atoms with E-state index >= 15 is 0 Å². The highest BCUT2D eigenvalue weighted by Gasteiger charge is 2.16. The summed E-state index contributed by atoms with van der Waals surface area (Å²) in [6, 6.07) is 16.0. The summed E-state index contributed by atoms with van der Waals surface area (Å²) < 4.78 is 15.8. The molecule has 0 N–H and O–H groups in total. The molecule has 0 aliphatic heterocycles. The van der Waals surface area contributed by atoms with E-state index in [-0.39, 0.29) is 19.1 Å². The van der Waals surface area contributed by atoms with Crippen molar-refractivity contribution >= 4 is 11.9 Å². The molecule has 0 heterocycles. The first-order valence-corrected chi connectivity index (χ1v) is 9.68. The molecule has 0 saturated carbocycles. The minimum Gasteiger partial charge on any atom is -0.497 e. The Kier molecular flexibility index (Phi) is 8.41. The molecule has 158 valence electrons. The summed E-state index contributed by atoms with van der Waals surface area (Å²) in [6.45, 7) is 10.6. The van der Waals surface area contributed by atoms with E-state index in [9.17, 15) is 9.59 Å². The topological polar surface area (TPSA) is 61.8 Å². The lowest BCUT2D eigenvalue weighted by Crippen LogP contribution is -2.23. The number of benzene rings is 2. The van der Waals surface area contributed by atoms with Gasteiger partial charge in [-0.15, -0.1) is 0 Å². The van der Waals surface area contributed by atoms with Gasteiger partial charge in [-0.3, -0.25) is 0 Å². The van der Waals surface area contributed by atoms with Gasteiger partial charge in [0.2, 0.25) is 0 Å². The van der Waals surface area contributed by atoms with Crippen molar-refractivity contribution in [3.63, 3.8) is 0 Å². The zero-order valence-corrected chi connectivity index (χ0v) is 17.8. The molecule has 0 aliphatic carbocycles. The number of hydrogen-bond acceptors (Lipinski definition) is 5. The second kappa shape index (κ2) is 11.0. The number of hydrogen-bond donors (Lipinski definition) is 0. The molecular weight excluding hydrogens is 380 g/mol. The van der Waals surface area contributed by atoms with E-state index < -0.39 is 11.9 Å². The average molecular weight is 408 g/mol. The third kappa shape index (κ3) is 6.92. The minimum absolute atomic E-state index is 0.134. The molecule has 5 heteroatoms. The van der Waals surface area contributed by atoms with Crippen molar-refractivity contribution in [1.82, 2.24) is 0 Å². The van der Waals surface area contributed by atoms with Gasteiger partial charge in [-0.25, -0.2) is 9.59 Å². The van der Waals surface area contributed by atoms with Crippen LogP contribution < -0.4 is 4.74 Å². The molecule has 0 saturated heterocycles. The summed E-state index contributed by atoms with van der Waals surface area (Å²) >= 11 is 0. The Morgan fingerprint density at radius 3 is 1.63 bits per heavy atom. The Labute approximate surface area is 178 Å². The van der Waals surface area contributed by atoms with E-state index in [0.717, 1.165) is 22.4 Å². The Morgan fingerprint density at radius 1 is 0.800 bits per heavy atom. The molecule has 0 bridgehead atoms. The van der Waals surface area contributed by atoms with Crippen LogP contribution in [0.25, 0.3) is 11.1 Å². The van der Waals surface area contributed by atoms with Crippen molar-refractivity contribution in [1.29, 1.82) is 0 Å². The number of methoxy groups -OCH3 is 1. The van der Waals surface area contributed by atoms with Gasteiger partial charge in [-0.05, 0) is 49.1 Å². The predicted molar refractivity (Wildman–Crippen MR) is 117 cm³/mol. The first-order chi connectivity index (χ1) is 14.3. The van der Waals surface area contributed by atoms with Gasteiger partial charge in [0.25, 0.3) is 0 Å². The molecule has 0 unspecified atom stereocenters. The smallest absolute Gasteiger partial charge is 0.333 e. The maximum atomic E-state index is 11.7. The molecule has 0 spiro atoms. The van der Waals surface area contributed by atoms with Crippen molar-refractivity contribution < 1.29 is 23.8 Å². The van der Waals surface area contributed by atoms with Crippen LogP contribution in [0.1, 0.15) is 19.4 Å². The lowest BCUT2D eigenvalue weighted by Gasteiger charge is -2.18. The maximum absolute atomic E-state index is 11.7. The van der Waals surface area contributed by atoms with Gasteiger partial charge in [-0.2, -0.15) is 0 Å². The Bertz CT molecular complexity index is 864. The fourth-order valence-electron chi connectivity index (χ4n) is 2.75. The standard InChI is InChI=1S/C25H28O5/c1-17(2)24(26)29-15-20(16-30-25(27)18(3)4)14-19-6-8-21(9-7-19)22-10-12-23(28-5)13-11-22/h6-13,20H,1,3,14-16H2,2,4-5H3. The predicted octanol–water partition coefficient (Wildman–Crippen LogP) is 4.76. The molecule has 2 aromatic carbocycles. The number of carbonyl (C=O) groups excluding carboxylic acids is 2. The molecule has 0 atom stereocenters. The summed E-state index contributed by atoms with van der Waals surface area (Å²) in [6.07, 6.45) is 0.593. The molecule has 30 heavy (non-hydrogen) atoms. The van der Waals surface area contributed by atoms with Gasteiger partial charge >= 0.3 is 11.9 Å². The summed E-state index contributed by atoms with van der Waals surface area (Å²) in [5, 5.41) is 0. The zero-order valence-electron chi connectivity index (χ0n) is 17.8. The molecular formula is C25H28O5. The third-order valence-electron chi connectivity index (χ3n) is 4.50. The van der Waals surface area contributed by atoms with Crippen LogP contribution in [0.4, 0.5) is 0 Å². The summed E-state index contributed by atoms with van der Waals surface area (Å²) in [5.41, 5.74) is 3.88. The lowest BCUT2D eigenvalue weighted by atomic mass is 9.98. The SMILES string of the molecule is C=C(C)C(=O)OCC(COC(=O)C(=C)C)Cc1ccc(-c2ccc(OC)cc2)cc1. The molecule has 2 rings (SSSR count). The van der Waals surface area contributed by atoms with Crippen LogP contribution in [-0.4, -0.2) is 32.3 Å². The molecule has 0 fully saturated rings. The van der Waals surface area contributed by atoms with Gasteiger partial charge in [-0.1, -0.05) is 49.6 Å². The van der Waals surface area contributed by atoms with E-state index in [1.165, 1.54) is 0 Å². The first kappa shape index (κ1) is 22.9. The fraction of sp³-hybridized carbons (Fsp3) is 0.280. The second-order valence-electron chi connectivity index (χ2n) is 7.25. The largest absolute Gasteiger partial charge is 0.497 e. The van der Waals surface area contributed by atoms with Gasteiger partial charge in [0.15, 0.2) is 0 Å². The molecule has 0 aliphatic rings. The van der Waals surface area contributed by atoms with Gasteiger partial charge in [0.05, 0.1) is 20.3 Å². The van der Waals surface area contributed by atoms with Crippen molar-refractivity contribution in [2.24, 2.45) is 5.92 Å². The first-order valence-electron chi connectivity index (χ1n) is 9.68. The number of ether oxygens (including phenoxy) is 3. The van der Waals surface area contributed by atoms with Crippen LogP contribution in [0.5, 0.6) is 5.75 Å². The highest BCUT2D eigenvalue weighted by atomic mass is 16.5. The molecule has 5 nitrogen and oxygen atoms in total. The normalized spacial score (nSPS) is 10.4. The van der Waals surface area contributed by atoms with Crippen molar-refractivity contribution in [3.8, 4) is 16.9 Å². The Balaban J connectivity index is 2.06. The van der Waals surface area contributed by atoms with E-state index in [1.54, 1.807) is 21.0 Å². The van der Waals surface area contributed by atoms with E-state index in [0.29, 0.717) is 17.6 Å². The summed E-state index contributed by atoms with van der Waals surface area (Å²) in [4.78, 5) is 23.5. The van der Waals surface area contributed by atoms with E-state index in [2.05, 4.69) is 13.2 Å². The van der Waals surface area contributed by atoms with E-state index in [1.807, 2.05) is 48.5 Å². The average Bonchev–Trinajstić information content (AvgIpc) is 2.75. The van der Waals surface area contributed by atoms with E-state index in [4.69, 9.17) is 14.2 Å². The number of esters is 2. The Hall–Kier alpha value is -3.34. The molecule has 2 aromatic rings. The molecule has 0 amide bonds. The van der Waals surface area contributed by atoms with Crippen LogP contribution >= 0.6 is 0 Å². The minimum atomic E-state index is -0.457. The summed E-state index contributed by atoms with van der Waals surface area (Å²) in [7, 11) is 1.64. The second-order valence-corrected chi connectivity index (χ2v) is 7.25. The van der Waals surface area contributed by atoms with Gasteiger partial charge in [0, 0.05) is 17.1 Å². The van der Waals surface area contributed by atoms with Crippen molar-refractivity contribution in [3.05, 3.63) is 78.4 Å². The quantitative estimate of drug-likeness (QED) is 0.419. The van der Waals surface area contributed by atoms with Crippen molar-refractivity contribution in [2.75, 3.05) is 20.3 Å². The van der Waals surface area contributed by atoms with Gasteiger partial charge in [0.1, 0.15) is 5.75 Å². The zero-order chi connectivity index (χ0) is 22.1. The van der Waals surface area contributed by atoms with Crippen LogP contribution in [0.15, 0.2) is 72.8 Å². The number of rotatable bonds is 10. The van der Waals surface area contributed by atoms with Crippen LogP contribution in [-0.2, 0) is 25.5 Å². The Morgan fingerprint density at radius 2 is 1.23 bits per heavy atom. The lowest BCUT2D eigenvalue weighted by molar-refractivity contribution is -0.144. The molecule has 0 radical (unpaired) electrons. The van der Waals surface area contributed by atoms with Crippen LogP contribution in [0.3, 0.4) is 0 Å². The highest BCUT2D eigenvalue weighted by molar-refractivity contribution is 5.87. The molecule has 0 aromatic heterocycles.